The van der Waals surface area contributed by atoms with Crippen LogP contribution >= 0.6 is 0 Å². The average Bonchev–Trinajstić information content (AvgIpc) is 3.06. The Morgan fingerprint density at radius 2 is 1.97 bits per heavy atom. The van der Waals surface area contributed by atoms with Crippen molar-refractivity contribution in [1.82, 2.24) is 4.90 Å². The van der Waals surface area contributed by atoms with Gasteiger partial charge in [0.25, 0.3) is 0 Å². The SMILES string of the molecule is C=C1CCC[C@]2(C)C[C@H]3OC(=O)[C@H](CN4CCC(C(=O)c5ccccc5)CC4)[C@@H]3C[C@@H]12. The van der Waals surface area contributed by atoms with Crippen molar-refractivity contribution in [1.29, 1.82) is 0 Å². The third-order valence-corrected chi connectivity index (χ3v) is 8.79. The fraction of sp³-hybridized carbons (Fsp3) is 0.630. The summed E-state index contributed by atoms with van der Waals surface area (Å²) in [6.07, 6.45) is 7.48. The van der Waals surface area contributed by atoms with Crippen LogP contribution in [0.1, 0.15) is 62.2 Å². The molecule has 5 atom stereocenters. The summed E-state index contributed by atoms with van der Waals surface area (Å²) in [4.78, 5) is 28.0. The van der Waals surface area contributed by atoms with Crippen molar-refractivity contribution in [2.24, 2.45) is 29.1 Å². The number of carbonyl (C=O) groups is 2. The van der Waals surface area contributed by atoms with E-state index in [4.69, 9.17) is 4.74 Å². The molecule has 31 heavy (non-hydrogen) atoms. The topological polar surface area (TPSA) is 46.6 Å². The van der Waals surface area contributed by atoms with Gasteiger partial charge < -0.3 is 9.64 Å². The molecule has 2 saturated heterocycles. The summed E-state index contributed by atoms with van der Waals surface area (Å²) in [5, 5.41) is 0. The molecule has 2 saturated carbocycles. The number of fused-ring (bicyclic) bond motifs is 2. The Morgan fingerprint density at radius 3 is 2.71 bits per heavy atom. The molecular formula is C27H35NO3. The molecule has 4 heteroatoms. The molecule has 0 radical (unpaired) electrons. The molecular weight excluding hydrogens is 386 g/mol. The van der Waals surface area contributed by atoms with E-state index in [9.17, 15) is 9.59 Å². The van der Waals surface area contributed by atoms with Crippen molar-refractivity contribution in [3.8, 4) is 0 Å². The zero-order chi connectivity index (χ0) is 21.6. The van der Waals surface area contributed by atoms with E-state index in [0.717, 1.165) is 57.3 Å². The molecule has 2 aliphatic carbocycles. The molecule has 4 nitrogen and oxygen atoms in total. The maximum absolute atomic E-state index is 12.8. The predicted octanol–water partition coefficient (Wildman–Crippen LogP) is 4.90. The minimum absolute atomic E-state index is 0.00495. The highest BCUT2D eigenvalue weighted by atomic mass is 16.6. The number of allylic oxidation sites excluding steroid dienone is 1. The van der Waals surface area contributed by atoms with Crippen LogP contribution in [-0.4, -0.2) is 42.4 Å². The van der Waals surface area contributed by atoms with E-state index in [1.54, 1.807) is 0 Å². The minimum atomic E-state index is -0.0225. The Morgan fingerprint density at radius 1 is 1.23 bits per heavy atom. The summed E-state index contributed by atoms with van der Waals surface area (Å²) >= 11 is 0. The van der Waals surface area contributed by atoms with Crippen LogP contribution in [0.5, 0.6) is 0 Å². The number of benzene rings is 1. The quantitative estimate of drug-likeness (QED) is 0.394. The lowest BCUT2D eigenvalue weighted by atomic mass is 9.55. The molecule has 0 spiro atoms. The van der Waals surface area contributed by atoms with Crippen LogP contribution in [0.15, 0.2) is 42.5 Å². The third-order valence-electron chi connectivity index (χ3n) is 8.79. The van der Waals surface area contributed by atoms with Crippen molar-refractivity contribution >= 4 is 11.8 Å². The Balaban J connectivity index is 1.21. The summed E-state index contributed by atoms with van der Waals surface area (Å²) in [6.45, 7) is 9.34. The van der Waals surface area contributed by atoms with Gasteiger partial charge in [-0.3, -0.25) is 9.59 Å². The zero-order valence-corrected chi connectivity index (χ0v) is 18.7. The second kappa shape index (κ2) is 8.20. The highest BCUT2D eigenvalue weighted by molar-refractivity contribution is 5.97. The molecule has 0 bridgehead atoms. The van der Waals surface area contributed by atoms with Crippen molar-refractivity contribution in [2.45, 2.75) is 58.0 Å². The lowest BCUT2D eigenvalue weighted by Gasteiger charge is -2.50. The van der Waals surface area contributed by atoms with Gasteiger partial charge in [0.05, 0.1) is 5.92 Å². The first-order chi connectivity index (χ1) is 14.9. The molecule has 5 rings (SSSR count). The van der Waals surface area contributed by atoms with Gasteiger partial charge >= 0.3 is 5.97 Å². The fourth-order valence-electron chi connectivity index (χ4n) is 6.96. The van der Waals surface area contributed by atoms with E-state index in [0.29, 0.717) is 11.8 Å². The number of piperidine rings is 1. The lowest BCUT2D eigenvalue weighted by Crippen LogP contribution is -2.46. The minimum Gasteiger partial charge on any atom is -0.462 e. The van der Waals surface area contributed by atoms with Gasteiger partial charge in [0, 0.05) is 23.9 Å². The molecule has 0 amide bonds. The van der Waals surface area contributed by atoms with E-state index < -0.39 is 0 Å². The third kappa shape index (κ3) is 3.88. The van der Waals surface area contributed by atoms with Gasteiger partial charge in [-0.05, 0) is 69.4 Å². The van der Waals surface area contributed by atoms with Gasteiger partial charge in [-0.25, -0.2) is 0 Å². The number of hydrogen-bond donors (Lipinski definition) is 0. The van der Waals surface area contributed by atoms with Crippen LogP contribution in [-0.2, 0) is 9.53 Å². The van der Waals surface area contributed by atoms with Crippen molar-refractivity contribution in [3.63, 3.8) is 0 Å². The number of ketones is 1. The Bertz CT molecular complexity index is 856. The summed E-state index contributed by atoms with van der Waals surface area (Å²) in [5.41, 5.74) is 2.47. The average molecular weight is 422 g/mol. The van der Waals surface area contributed by atoms with Gasteiger partial charge in [-0.2, -0.15) is 0 Å². The zero-order valence-electron chi connectivity index (χ0n) is 18.7. The first-order valence-electron chi connectivity index (χ1n) is 12.1. The number of likely N-dealkylation sites (tertiary alicyclic amines) is 1. The standard InChI is InChI=1S/C27H35NO3/c1-18-7-6-12-27(2)16-24-21(15-23(18)27)22(26(30)31-24)17-28-13-10-20(11-14-28)25(29)19-8-4-3-5-9-19/h3-5,8-9,20-24H,1,6-7,10-17H2,2H3/t21-,22+,23-,24+,27+/m0/s1. The molecule has 2 heterocycles. The van der Waals surface area contributed by atoms with Crippen LogP contribution in [0.3, 0.4) is 0 Å². The summed E-state index contributed by atoms with van der Waals surface area (Å²) < 4.78 is 5.94. The number of hydrogen-bond acceptors (Lipinski definition) is 4. The molecule has 1 aromatic rings. The molecule has 1 aromatic carbocycles. The molecule has 0 N–H and O–H groups in total. The summed E-state index contributed by atoms with van der Waals surface area (Å²) in [5.74, 6) is 1.21. The molecule has 4 aliphatic rings. The van der Waals surface area contributed by atoms with Crippen molar-refractivity contribution in [2.75, 3.05) is 19.6 Å². The second-order valence-electron chi connectivity index (χ2n) is 10.7. The van der Waals surface area contributed by atoms with E-state index in [-0.39, 0.29) is 35.1 Å². The Kier molecular flexibility index (Phi) is 5.54. The largest absolute Gasteiger partial charge is 0.462 e. The fourth-order valence-corrected chi connectivity index (χ4v) is 6.96. The monoisotopic (exact) mass is 421 g/mol. The molecule has 4 fully saturated rings. The van der Waals surface area contributed by atoms with Gasteiger partial charge in [0.1, 0.15) is 6.10 Å². The van der Waals surface area contributed by atoms with Crippen molar-refractivity contribution in [3.05, 3.63) is 48.0 Å². The molecule has 2 aliphatic heterocycles. The molecule has 0 aromatic heterocycles. The highest BCUT2D eigenvalue weighted by Gasteiger charge is 2.55. The number of carbonyl (C=O) groups excluding carboxylic acids is 2. The first kappa shape index (κ1) is 20.9. The van der Waals surface area contributed by atoms with E-state index in [1.807, 2.05) is 30.3 Å². The number of rotatable bonds is 4. The lowest BCUT2D eigenvalue weighted by molar-refractivity contribution is -0.146. The van der Waals surface area contributed by atoms with Gasteiger partial charge in [0.2, 0.25) is 0 Å². The normalized spacial score (nSPS) is 36.5. The maximum Gasteiger partial charge on any atom is 0.310 e. The van der Waals surface area contributed by atoms with Crippen LogP contribution in [0.25, 0.3) is 0 Å². The number of Topliss-reactive ketones (excluding diaryl/α,β-unsaturated/α-hetero) is 1. The van der Waals surface area contributed by atoms with Gasteiger partial charge in [0.15, 0.2) is 5.78 Å². The maximum atomic E-state index is 12.8. The van der Waals surface area contributed by atoms with Gasteiger partial charge in [-0.15, -0.1) is 0 Å². The second-order valence-corrected chi connectivity index (χ2v) is 10.7. The number of esters is 1. The van der Waals surface area contributed by atoms with E-state index in [2.05, 4.69) is 18.4 Å². The van der Waals surface area contributed by atoms with Gasteiger partial charge in [-0.1, -0.05) is 49.4 Å². The summed E-state index contributed by atoms with van der Waals surface area (Å²) in [6, 6.07) is 9.64. The molecule has 0 unspecified atom stereocenters. The van der Waals surface area contributed by atoms with E-state index in [1.165, 1.54) is 18.4 Å². The number of nitrogens with zero attached hydrogens (tertiary/aromatic N) is 1. The van der Waals surface area contributed by atoms with Crippen LogP contribution in [0.2, 0.25) is 0 Å². The smallest absolute Gasteiger partial charge is 0.310 e. The summed E-state index contributed by atoms with van der Waals surface area (Å²) in [7, 11) is 0. The first-order valence-corrected chi connectivity index (χ1v) is 12.1. The van der Waals surface area contributed by atoms with E-state index >= 15 is 0 Å². The van der Waals surface area contributed by atoms with Crippen LogP contribution in [0, 0.1) is 29.1 Å². The van der Waals surface area contributed by atoms with Crippen LogP contribution < -0.4 is 0 Å². The Labute approximate surface area is 186 Å². The highest BCUT2D eigenvalue weighted by Crippen LogP contribution is 2.57. The Hall–Kier alpha value is -1.94. The van der Waals surface area contributed by atoms with Crippen LogP contribution in [0.4, 0.5) is 0 Å². The molecule has 166 valence electrons. The van der Waals surface area contributed by atoms with Crippen molar-refractivity contribution < 1.29 is 14.3 Å². The predicted molar refractivity (Wildman–Crippen MR) is 121 cm³/mol. The number of ether oxygens (including phenoxy) is 1.